The van der Waals surface area contributed by atoms with E-state index >= 15 is 0 Å². The molecule has 6 nitrogen and oxygen atoms in total. The van der Waals surface area contributed by atoms with E-state index < -0.39 is 12.0 Å². The largest absolute Gasteiger partial charge is 0.480 e. The van der Waals surface area contributed by atoms with Gasteiger partial charge in [0.25, 0.3) is 11.8 Å². The highest BCUT2D eigenvalue weighted by Gasteiger charge is 2.34. The average Bonchev–Trinajstić information content (AvgIpc) is 3.02. The Balaban J connectivity index is 2.24. The van der Waals surface area contributed by atoms with Crippen molar-refractivity contribution in [1.82, 2.24) is 9.80 Å². The Morgan fingerprint density at radius 1 is 1.32 bits per heavy atom. The van der Waals surface area contributed by atoms with Gasteiger partial charge in [0.2, 0.25) is 0 Å². The molecule has 0 radical (unpaired) electrons. The van der Waals surface area contributed by atoms with E-state index in [-0.39, 0.29) is 11.8 Å². The summed E-state index contributed by atoms with van der Waals surface area (Å²) in [7, 11) is 1.69. The predicted octanol–water partition coefficient (Wildman–Crippen LogP) is 1.47. The number of carboxylic acid groups (broad SMARTS) is 1. The predicted molar refractivity (Wildman–Crippen MR) is 80.8 cm³/mol. The molecule has 1 aromatic rings. The number of carbonyl (C=O) groups is 3. The highest BCUT2D eigenvalue weighted by atomic mass is 16.4. The molecule has 1 aliphatic rings. The van der Waals surface area contributed by atoms with Crippen LogP contribution in [0.1, 0.15) is 40.5 Å². The minimum atomic E-state index is -0.983. The van der Waals surface area contributed by atoms with Crippen molar-refractivity contribution >= 4 is 17.8 Å². The summed E-state index contributed by atoms with van der Waals surface area (Å²) in [4.78, 5) is 38.8. The molecule has 1 atom stereocenters. The highest BCUT2D eigenvalue weighted by molar-refractivity contribution is 6.00. The van der Waals surface area contributed by atoms with Crippen LogP contribution in [0.4, 0.5) is 0 Å². The first-order valence-electron chi connectivity index (χ1n) is 7.35. The fraction of sp³-hybridized carbons (Fsp3) is 0.438. The zero-order valence-corrected chi connectivity index (χ0v) is 12.8. The minimum absolute atomic E-state index is 0.159. The Labute approximate surface area is 129 Å². The van der Waals surface area contributed by atoms with Gasteiger partial charge in [-0.2, -0.15) is 0 Å². The monoisotopic (exact) mass is 304 g/mol. The number of hydrogen-bond acceptors (Lipinski definition) is 3. The number of hydrogen-bond donors (Lipinski definition) is 1. The molecule has 0 aromatic heterocycles. The second kappa shape index (κ2) is 6.60. The van der Waals surface area contributed by atoms with Crippen molar-refractivity contribution in [3.05, 3.63) is 35.4 Å². The van der Waals surface area contributed by atoms with Crippen LogP contribution in [-0.2, 0) is 4.79 Å². The molecule has 1 aliphatic heterocycles. The molecule has 0 bridgehead atoms. The molecule has 0 spiro atoms. The molecule has 118 valence electrons. The maximum absolute atomic E-state index is 12.5. The summed E-state index contributed by atoms with van der Waals surface area (Å²) < 4.78 is 0. The summed E-state index contributed by atoms with van der Waals surface area (Å²) >= 11 is 0. The van der Waals surface area contributed by atoms with Gasteiger partial charge in [0.1, 0.15) is 6.04 Å². The second-order valence-corrected chi connectivity index (χ2v) is 5.39. The summed E-state index contributed by atoms with van der Waals surface area (Å²) in [6.07, 6.45) is 1.15. The van der Waals surface area contributed by atoms with Crippen LogP contribution < -0.4 is 0 Å². The molecule has 1 aromatic carbocycles. The van der Waals surface area contributed by atoms with Gasteiger partial charge in [-0.3, -0.25) is 9.59 Å². The van der Waals surface area contributed by atoms with Crippen LogP contribution in [0.3, 0.4) is 0 Å². The van der Waals surface area contributed by atoms with Crippen molar-refractivity contribution in [3.63, 3.8) is 0 Å². The summed E-state index contributed by atoms with van der Waals surface area (Å²) in [6.45, 7) is 2.88. The second-order valence-electron chi connectivity index (χ2n) is 5.39. The number of likely N-dealkylation sites (tertiary alicyclic amines) is 1. The Kier molecular flexibility index (Phi) is 4.80. The molecule has 1 N–H and O–H groups in total. The summed E-state index contributed by atoms with van der Waals surface area (Å²) in [5, 5.41) is 9.17. The van der Waals surface area contributed by atoms with E-state index in [0.29, 0.717) is 37.1 Å². The maximum atomic E-state index is 12.5. The number of nitrogens with zero attached hydrogens (tertiary/aromatic N) is 2. The van der Waals surface area contributed by atoms with Gasteiger partial charge in [0.15, 0.2) is 0 Å². The number of carboxylic acids is 1. The Hall–Kier alpha value is -2.37. The molecule has 0 unspecified atom stereocenters. The van der Waals surface area contributed by atoms with Crippen molar-refractivity contribution in [2.45, 2.75) is 25.8 Å². The lowest BCUT2D eigenvalue weighted by atomic mass is 10.1. The lowest BCUT2D eigenvalue weighted by Gasteiger charge is -2.22. The first-order valence-corrected chi connectivity index (χ1v) is 7.35. The third-order valence-corrected chi connectivity index (χ3v) is 3.98. The van der Waals surface area contributed by atoms with E-state index in [9.17, 15) is 19.5 Å². The van der Waals surface area contributed by atoms with E-state index in [0.717, 1.165) is 0 Å². The summed E-state index contributed by atoms with van der Waals surface area (Å²) in [5.41, 5.74) is 0.782. The van der Waals surface area contributed by atoms with Crippen LogP contribution in [0.25, 0.3) is 0 Å². The molecule has 2 rings (SSSR count). The number of amides is 2. The number of carbonyl (C=O) groups excluding carboxylic acids is 2. The Morgan fingerprint density at radius 3 is 2.64 bits per heavy atom. The van der Waals surface area contributed by atoms with Gasteiger partial charge in [-0.25, -0.2) is 4.79 Å². The quantitative estimate of drug-likeness (QED) is 0.913. The molecule has 0 saturated carbocycles. The average molecular weight is 304 g/mol. The number of rotatable bonds is 4. The van der Waals surface area contributed by atoms with Gasteiger partial charge in [-0.15, -0.1) is 0 Å². The smallest absolute Gasteiger partial charge is 0.326 e. The Morgan fingerprint density at radius 2 is 2.00 bits per heavy atom. The first-order chi connectivity index (χ1) is 10.5. The van der Waals surface area contributed by atoms with Crippen LogP contribution in [0, 0.1) is 0 Å². The number of aliphatic carboxylic acids is 1. The molecule has 0 aliphatic carbocycles. The van der Waals surface area contributed by atoms with Crippen LogP contribution in [0.15, 0.2) is 24.3 Å². The minimum Gasteiger partial charge on any atom is -0.480 e. The molecular weight excluding hydrogens is 284 g/mol. The SMILES string of the molecule is CCN(C)C(=O)c1cccc(C(=O)N2CCC[C@@H]2C(=O)O)c1. The van der Waals surface area contributed by atoms with Crippen LogP contribution >= 0.6 is 0 Å². The summed E-state index contributed by atoms with van der Waals surface area (Å²) in [6, 6.07) is 5.68. The van der Waals surface area contributed by atoms with Gasteiger partial charge in [0, 0.05) is 31.3 Å². The van der Waals surface area contributed by atoms with E-state index in [4.69, 9.17) is 0 Å². The molecule has 6 heteroatoms. The van der Waals surface area contributed by atoms with E-state index in [1.807, 2.05) is 6.92 Å². The van der Waals surface area contributed by atoms with Crippen LogP contribution in [0.2, 0.25) is 0 Å². The van der Waals surface area contributed by atoms with Crippen molar-refractivity contribution in [2.24, 2.45) is 0 Å². The molecule has 1 saturated heterocycles. The van der Waals surface area contributed by atoms with Gasteiger partial charge in [-0.05, 0) is 38.0 Å². The zero-order valence-electron chi connectivity index (χ0n) is 12.8. The molecule has 2 amide bonds. The third kappa shape index (κ3) is 3.10. The van der Waals surface area contributed by atoms with Crippen molar-refractivity contribution < 1.29 is 19.5 Å². The lowest BCUT2D eigenvalue weighted by Crippen LogP contribution is -2.40. The van der Waals surface area contributed by atoms with Crippen LogP contribution in [0.5, 0.6) is 0 Å². The lowest BCUT2D eigenvalue weighted by molar-refractivity contribution is -0.141. The van der Waals surface area contributed by atoms with Crippen molar-refractivity contribution in [1.29, 1.82) is 0 Å². The molecule has 1 heterocycles. The van der Waals surface area contributed by atoms with E-state index in [2.05, 4.69) is 0 Å². The highest BCUT2D eigenvalue weighted by Crippen LogP contribution is 2.21. The topological polar surface area (TPSA) is 77.9 Å². The summed E-state index contributed by atoms with van der Waals surface area (Å²) in [5.74, 6) is -1.48. The fourth-order valence-corrected chi connectivity index (χ4v) is 2.58. The van der Waals surface area contributed by atoms with Gasteiger partial charge < -0.3 is 14.9 Å². The number of benzene rings is 1. The maximum Gasteiger partial charge on any atom is 0.326 e. The molecule has 1 fully saturated rings. The van der Waals surface area contributed by atoms with Crippen molar-refractivity contribution in [2.75, 3.05) is 20.1 Å². The van der Waals surface area contributed by atoms with Gasteiger partial charge >= 0.3 is 5.97 Å². The zero-order chi connectivity index (χ0) is 16.3. The van der Waals surface area contributed by atoms with Crippen LogP contribution in [-0.4, -0.2) is 58.9 Å². The Bertz CT molecular complexity index is 600. The normalized spacial score (nSPS) is 17.4. The fourth-order valence-electron chi connectivity index (χ4n) is 2.58. The van der Waals surface area contributed by atoms with E-state index in [1.165, 1.54) is 11.0 Å². The molecule has 22 heavy (non-hydrogen) atoms. The van der Waals surface area contributed by atoms with E-state index in [1.54, 1.807) is 30.1 Å². The molecular formula is C16H20N2O4. The third-order valence-electron chi connectivity index (χ3n) is 3.98. The van der Waals surface area contributed by atoms with Gasteiger partial charge in [-0.1, -0.05) is 6.07 Å². The standard InChI is InChI=1S/C16H20N2O4/c1-3-17(2)14(19)11-6-4-7-12(10-11)15(20)18-9-5-8-13(18)16(21)22/h4,6-7,10,13H,3,5,8-9H2,1-2H3,(H,21,22)/t13-/m1/s1. The van der Waals surface area contributed by atoms with Gasteiger partial charge in [0.05, 0.1) is 0 Å². The van der Waals surface area contributed by atoms with Crippen molar-refractivity contribution in [3.8, 4) is 0 Å². The first kappa shape index (κ1) is 16.0.